The summed E-state index contributed by atoms with van der Waals surface area (Å²) in [4.78, 5) is 26.6. The van der Waals surface area contributed by atoms with Gasteiger partial charge in [0.1, 0.15) is 11.4 Å². The van der Waals surface area contributed by atoms with Crippen LogP contribution < -0.4 is 5.32 Å². The number of carbonyl (C=O) groups is 2. The minimum atomic E-state index is -0.522. The van der Waals surface area contributed by atoms with Gasteiger partial charge in [0.15, 0.2) is 5.76 Å². The Kier molecular flexibility index (Phi) is 5.10. The van der Waals surface area contributed by atoms with Gasteiger partial charge in [-0.2, -0.15) is 0 Å². The molecule has 2 heterocycles. The Labute approximate surface area is 162 Å². The molecule has 0 spiro atoms. The number of halogens is 1. The van der Waals surface area contributed by atoms with Crippen LogP contribution in [0.4, 0.5) is 4.39 Å². The molecule has 1 N–H and O–H groups in total. The Morgan fingerprint density at radius 3 is 2.54 bits per heavy atom. The maximum Gasteiger partial charge on any atom is 0.289 e. The van der Waals surface area contributed by atoms with Gasteiger partial charge >= 0.3 is 0 Å². The number of nitrogens with zero attached hydrogens (tertiary/aromatic N) is 1. The number of furan rings is 1. The maximum absolute atomic E-state index is 13.7. The summed E-state index contributed by atoms with van der Waals surface area (Å²) in [6.07, 6.45) is 1.56. The molecule has 6 heteroatoms. The maximum atomic E-state index is 13.7. The largest absolute Gasteiger partial charge is 0.451 e. The lowest BCUT2D eigenvalue weighted by Crippen LogP contribution is -2.41. The van der Waals surface area contributed by atoms with Crippen molar-refractivity contribution < 1.29 is 18.4 Å². The third-order valence-electron chi connectivity index (χ3n) is 5.21. The van der Waals surface area contributed by atoms with Crippen LogP contribution in [0.1, 0.15) is 33.8 Å². The number of carbonyl (C=O) groups excluding carboxylic acids is 2. The number of amides is 2. The van der Waals surface area contributed by atoms with Gasteiger partial charge < -0.3 is 14.6 Å². The second kappa shape index (κ2) is 7.84. The minimum absolute atomic E-state index is 0.0556. The van der Waals surface area contributed by atoms with Gasteiger partial charge in [0.2, 0.25) is 0 Å². The topological polar surface area (TPSA) is 62.6 Å². The van der Waals surface area contributed by atoms with Crippen molar-refractivity contribution in [2.45, 2.75) is 12.8 Å². The monoisotopic (exact) mass is 380 g/mol. The summed E-state index contributed by atoms with van der Waals surface area (Å²) in [5.41, 5.74) is 0.761. The van der Waals surface area contributed by atoms with Crippen molar-refractivity contribution in [2.24, 2.45) is 5.92 Å². The van der Waals surface area contributed by atoms with E-state index in [0.29, 0.717) is 31.0 Å². The van der Waals surface area contributed by atoms with Crippen molar-refractivity contribution in [1.82, 2.24) is 10.2 Å². The highest BCUT2D eigenvalue weighted by molar-refractivity contribution is 5.96. The van der Waals surface area contributed by atoms with Crippen molar-refractivity contribution in [1.29, 1.82) is 0 Å². The van der Waals surface area contributed by atoms with Crippen molar-refractivity contribution in [3.63, 3.8) is 0 Å². The first kappa shape index (κ1) is 18.2. The molecule has 2 amide bonds. The zero-order valence-corrected chi connectivity index (χ0v) is 15.4. The molecule has 1 fully saturated rings. The highest BCUT2D eigenvalue weighted by Crippen LogP contribution is 2.23. The molecule has 0 atom stereocenters. The van der Waals surface area contributed by atoms with Gasteiger partial charge in [-0.25, -0.2) is 4.39 Å². The molecule has 5 nitrogen and oxygen atoms in total. The van der Waals surface area contributed by atoms with Crippen LogP contribution in [0.25, 0.3) is 11.0 Å². The van der Waals surface area contributed by atoms with Gasteiger partial charge in [0, 0.05) is 25.0 Å². The van der Waals surface area contributed by atoms with Crippen LogP contribution in [-0.4, -0.2) is 36.3 Å². The van der Waals surface area contributed by atoms with Gasteiger partial charge in [0.05, 0.1) is 5.56 Å². The Hall–Kier alpha value is -3.15. The molecule has 28 heavy (non-hydrogen) atoms. The van der Waals surface area contributed by atoms with Crippen LogP contribution in [0.5, 0.6) is 0 Å². The summed E-state index contributed by atoms with van der Waals surface area (Å²) < 4.78 is 19.3. The third-order valence-corrected chi connectivity index (χ3v) is 5.21. The van der Waals surface area contributed by atoms with E-state index in [1.807, 2.05) is 24.3 Å². The second-order valence-corrected chi connectivity index (χ2v) is 7.07. The van der Waals surface area contributed by atoms with Crippen LogP contribution in [-0.2, 0) is 0 Å². The fourth-order valence-corrected chi connectivity index (χ4v) is 3.56. The molecule has 0 radical (unpaired) electrons. The number of piperidine rings is 1. The molecule has 4 rings (SSSR count). The van der Waals surface area contributed by atoms with Crippen molar-refractivity contribution in [2.75, 3.05) is 19.6 Å². The summed E-state index contributed by atoms with van der Waals surface area (Å²) >= 11 is 0. The van der Waals surface area contributed by atoms with Crippen LogP contribution >= 0.6 is 0 Å². The number of para-hydroxylation sites is 1. The lowest BCUT2D eigenvalue weighted by Gasteiger charge is -2.31. The first-order valence-electron chi connectivity index (χ1n) is 9.42. The van der Waals surface area contributed by atoms with E-state index >= 15 is 0 Å². The van der Waals surface area contributed by atoms with E-state index < -0.39 is 11.7 Å². The smallest absolute Gasteiger partial charge is 0.289 e. The number of rotatable bonds is 4. The minimum Gasteiger partial charge on any atom is -0.451 e. The molecule has 2 aromatic carbocycles. The number of hydrogen-bond donors (Lipinski definition) is 1. The molecule has 144 valence electrons. The summed E-state index contributed by atoms with van der Waals surface area (Å²) in [7, 11) is 0. The van der Waals surface area contributed by atoms with Crippen LogP contribution in [0, 0.1) is 11.7 Å². The van der Waals surface area contributed by atoms with E-state index in [9.17, 15) is 14.0 Å². The van der Waals surface area contributed by atoms with E-state index in [-0.39, 0.29) is 17.4 Å². The molecular formula is C22H21FN2O3. The Bertz CT molecular complexity index is 973. The number of nitrogens with one attached hydrogen (secondary N) is 1. The lowest BCUT2D eigenvalue weighted by atomic mass is 9.96. The molecule has 0 aliphatic carbocycles. The van der Waals surface area contributed by atoms with E-state index in [1.165, 1.54) is 12.1 Å². The molecule has 0 saturated carbocycles. The fourth-order valence-electron chi connectivity index (χ4n) is 3.56. The van der Waals surface area contributed by atoms with E-state index in [1.54, 1.807) is 23.1 Å². The SMILES string of the molecule is O=C(NCC1CCN(C(=O)c2cc3ccccc3o2)CC1)c1ccccc1F. The van der Waals surface area contributed by atoms with Gasteiger partial charge in [-0.1, -0.05) is 30.3 Å². The van der Waals surface area contributed by atoms with Gasteiger partial charge in [-0.05, 0) is 43.0 Å². The highest BCUT2D eigenvalue weighted by atomic mass is 19.1. The fraction of sp³-hybridized carbons (Fsp3) is 0.273. The summed E-state index contributed by atoms with van der Waals surface area (Å²) in [5, 5.41) is 3.72. The van der Waals surface area contributed by atoms with Crippen LogP contribution in [0.3, 0.4) is 0 Å². The van der Waals surface area contributed by atoms with Crippen molar-refractivity contribution in [3.05, 3.63) is 71.7 Å². The average Bonchev–Trinajstić information content (AvgIpc) is 3.16. The quantitative estimate of drug-likeness (QED) is 0.748. The lowest BCUT2D eigenvalue weighted by molar-refractivity contribution is 0.0655. The highest BCUT2D eigenvalue weighted by Gasteiger charge is 2.26. The molecule has 1 aromatic heterocycles. The molecular weight excluding hydrogens is 359 g/mol. The van der Waals surface area contributed by atoms with Gasteiger partial charge in [-0.3, -0.25) is 9.59 Å². The van der Waals surface area contributed by atoms with E-state index in [0.717, 1.165) is 18.2 Å². The number of hydrogen-bond acceptors (Lipinski definition) is 3. The second-order valence-electron chi connectivity index (χ2n) is 7.07. The molecule has 1 aliphatic rings. The van der Waals surface area contributed by atoms with Gasteiger partial charge in [0.25, 0.3) is 11.8 Å². The molecule has 3 aromatic rings. The van der Waals surface area contributed by atoms with E-state index in [4.69, 9.17) is 4.42 Å². The van der Waals surface area contributed by atoms with Crippen LogP contribution in [0.2, 0.25) is 0 Å². The number of fused-ring (bicyclic) bond motifs is 1. The molecule has 1 saturated heterocycles. The molecule has 0 bridgehead atoms. The molecule has 0 unspecified atom stereocenters. The summed E-state index contributed by atoms with van der Waals surface area (Å²) in [6, 6.07) is 15.3. The summed E-state index contributed by atoms with van der Waals surface area (Å²) in [5.74, 6) is -0.418. The number of benzene rings is 2. The zero-order valence-electron chi connectivity index (χ0n) is 15.4. The number of likely N-dealkylation sites (tertiary alicyclic amines) is 1. The van der Waals surface area contributed by atoms with E-state index in [2.05, 4.69) is 5.32 Å². The first-order valence-corrected chi connectivity index (χ1v) is 9.42. The third kappa shape index (κ3) is 3.76. The Morgan fingerprint density at radius 1 is 1.07 bits per heavy atom. The van der Waals surface area contributed by atoms with Crippen molar-refractivity contribution in [3.8, 4) is 0 Å². The Balaban J connectivity index is 1.30. The van der Waals surface area contributed by atoms with Crippen LogP contribution in [0.15, 0.2) is 59.0 Å². The normalized spacial score (nSPS) is 15.0. The first-order chi connectivity index (χ1) is 13.6. The van der Waals surface area contributed by atoms with Gasteiger partial charge in [-0.15, -0.1) is 0 Å². The Morgan fingerprint density at radius 2 is 1.79 bits per heavy atom. The van der Waals surface area contributed by atoms with Crippen molar-refractivity contribution >= 4 is 22.8 Å². The average molecular weight is 380 g/mol. The standard InChI is InChI=1S/C22H21FN2O3/c23-18-7-3-2-6-17(18)21(26)24-14-15-9-11-25(12-10-15)22(27)20-13-16-5-1-4-8-19(16)28-20/h1-8,13,15H,9-12,14H2,(H,24,26). The predicted molar refractivity (Wildman–Crippen MR) is 104 cm³/mol. The predicted octanol–water partition coefficient (Wildman–Crippen LogP) is 3.85. The zero-order chi connectivity index (χ0) is 19.5. The summed E-state index contributed by atoms with van der Waals surface area (Å²) in [6.45, 7) is 1.69. The molecule has 1 aliphatic heterocycles.